The van der Waals surface area contributed by atoms with Crippen LogP contribution in [0.1, 0.15) is 48.1 Å². The highest BCUT2D eigenvalue weighted by Gasteiger charge is 2.23. The lowest BCUT2D eigenvalue weighted by Crippen LogP contribution is -2.13. The summed E-state index contributed by atoms with van der Waals surface area (Å²) < 4.78 is 0.861. The van der Waals surface area contributed by atoms with Crippen LogP contribution in [-0.2, 0) is 12.8 Å². The van der Waals surface area contributed by atoms with Gasteiger partial charge < -0.3 is 10.8 Å². The van der Waals surface area contributed by atoms with Crippen molar-refractivity contribution < 1.29 is 5.11 Å². The number of halogens is 1. The molecule has 1 unspecified atom stereocenters. The van der Waals surface area contributed by atoms with E-state index in [-0.39, 0.29) is 6.04 Å². The summed E-state index contributed by atoms with van der Waals surface area (Å²) in [5.74, 6) is 0.341. The summed E-state index contributed by atoms with van der Waals surface area (Å²) in [6, 6.07) is -0.122. The van der Waals surface area contributed by atoms with Gasteiger partial charge in [-0.1, -0.05) is 0 Å². The van der Waals surface area contributed by atoms with Gasteiger partial charge in [0.2, 0.25) is 0 Å². The van der Waals surface area contributed by atoms with Crippen molar-refractivity contribution in [3.8, 4) is 5.75 Å². The lowest BCUT2D eigenvalue weighted by Gasteiger charge is -2.25. The molecule has 0 spiro atoms. The van der Waals surface area contributed by atoms with Crippen LogP contribution in [0.4, 0.5) is 0 Å². The van der Waals surface area contributed by atoms with Crippen molar-refractivity contribution in [2.75, 3.05) is 0 Å². The summed E-state index contributed by atoms with van der Waals surface area (Å²) >= 11 is 3.51. The molecule has 1 atom stereocenters. The number of rotatable bonds is 1. The summed E-state index contributed by atoms with van der Waals surface area (Å²) in [6.45, 7) is 4.00. The van der Waals surface area contributed by atoms with Crippen molar-refractivity contribution in [1.82, 2.24) is 0 Å². The zero-order valence-corrected chi connectivity index (χ0v) is 11.4. The topological polar surface area (TPSA) is 46.2 Å². The maximum absolute atomic E-state index is 10.2. The fourth-order valence-electron chi connectivity index (χ4n) is 2.72. The highest BCUT2D eigenvalue weighted by molar-refractivity contribution is 9.10. The van der Waals surface area contributed by atoms with E-state index in [1.165, 1.54) is 29.5 Å². The van der Waals surface area contributed by atoms with E-state index in [9.17, 15) is 5.11 Å². The Kier molecular flexibility index (Phi) is 3.27. The molecule has 0 saturated heterocycles. The van der Waals surface area contributed by atoms with E-state index in [4.69, 9.17) is 5.73 Å². The van der Waals surface area contributed by atoms with Gasteiger partial charge in [0, 0.05) is 11.6 Å². The van der Waals surface area contributed by atoms with Crippen LogP contribution < -0.4 is 5.73 Å². The fourth-order valence-corrected chi connectivity index (χ4v) is 3.37. The normalized spacial score (nSPS) is 17.0. The van der Waals surface area contributed by atoms with Crippen LogP contribution in [0, 0.1) is 6.92 Å². The molecule has 3 N–H and O–H groups in total. The third kappa shape index (κ3) is 1.76. The Morgan fingerprint density at radius 1 is 1.25 bits per heavy atom. The monoisotopic (exact) mass is 283 g/mol. The van der Waals surface area contributed by atoms with E-state index in [1.807, 2.05) is 6.92 Å². The first kappa shape index (κ1) is 11.9. The smallest absolute Gasteiger partial charge is 0.135 e. The molecule has 16 heavy (non-hydrogen) atoms. The van der Waals surface area contributed by atoms with Crippen molar-refractivity contribution in [2.24, 2.45) is 5.73 Å². The molecule has 1 aliphatic rings. The Morgan fingerprint density at radius 2 is 1.81 bits per heavy atom. The number of hydrogen-bond donors (Lipinski definition) is 2. The Labute approximate surface area is 105 Å². The second kappa shape index (κ2) is 4.38. The van der Waals surface area contributed by atoms with Crippen molar-refractivity contribution in [1.29, 1.82) is 0 Å². The van der Waals surface area contributed by atoms with Gasteiger partial charge in [-0.25, -0.2) is 0 Å². The summed E-state index contributed by atoms with van der Waals surface area (Å²) in [4.78, 5) is 0. The van der Waals surface area contributed by atoms with Gasteiger partial charge in [0.05, 0.1) is 4.47 Å². The third-order valence-corrected chi connectivity index (χ3v) is 4.36. The molecule has 0 heterocycles. The molecule has 0 saturated carbocycles. The quantitative estimate of drug-likeness (QED) is 0.830. The first-order valence-corrected chi connectivity index (χ1v) is 6.61. The summed E-state index contributed by atoms with van der Waals surface area (Å²) in [7, 11) is 0. The van der Waals surface area contributed by atoms with Gasteiger partial charge >= 0.3 is 0 Å². The average Bonchev–Trinajstić information content (AvgIpc) is 2.26. The van der Waals surface area contributed by atoms with E-state index in [0.29, 0.717) is 5.75 Å². The number of hydrogen-bond acceptors (Lipinski definition) is 2. The van der Waals surface area contributed by atoms with Crippen LogP contribution in [0.3, 0.4) is 0 Å². The van der Waals surface area contributed by atoms with Crippen LogP contribution in [-0.4, -0.2) is 5.11 Å². The molecule has 2 nitrogen and oxygen atoms in total. The molecule has 1 aliphatic carbocycles. The molecule has 0 bridgehead atoms. The van der Waals surface area contributed by atoms with Gasteiger partial charge in [-0.3, -0.25) is 0 Å². The Morgan fingerprint density at radius 3 is 2.38 bits per heavy atom. The van der Waals surface area contributed by atoms with Crippen LogP contribution in [0.15, 0.2) is 4.47 Å². The first-order chi connectivity index (χ1) is 7.54. The summed E-state index contributed by atoms with van der Waals surface area (Å²) in [5.41, 5.74) is 10.7. The molecule has 0 aliphatic heterocycles. The van der Waals surface area contributed by atoms with Crippen LogP contribution in [0.5, 0.6) is 5.75 Å². The molecule has 1 aromatic rings. The number of fused-ring (bicyclic) bond motifs is 1. The maximum atomic E-state index is 10.2. The van der Waals surface area contributed by atoms with E-state index in [0.717, 1.165) is 22.9 Å². The highest BCUT2D eigenvalue weighted by atomic mass is 79.9. The van der Waals surface area contributed by atoms with Crippen molar-refractivity contribution in [2.45, 2.75) is 45.6 Å². The van der Waals surface area contributed by atoms with Gasteiger partial charge in [0.15, 0.2) is 0 Å². The average molecular weight is 284 g/mol. The predicted octanol–water partition coefficient (Wildman–Crippen LogP) is 3.36. The second-order valence-electron chi connectivity index (χ2n) is 4.65. The minimum Gasteiger partial charge on any atom is -0.506 e. The molecular formula is C13H18BrNO. The third-order valence-electron chi connectivity index (χ3n) is 3.51. The number of aromatic hydroxyl groups is 1. The molecule has 1 aromatic carbocycles. The SMILES string of the molecule is Cc1c2c(c(Br)c(O)c1C(C)N)CCCC2. The molecule has 0 amide bonds. The van der Waals surface area contributed by atoms with Crippen LogP contribution in [0.2, 0.25) is 0 Å². The molecular weight excluding hydrogens is 266 g/mol. The van der Waals surface area contributed by atoms with E-state index < -0.39 is 0 Å². The predicted molar refractivity (Wildman–Crippen MR) is 69.8 cm³/mol. The molecule has 88 valence electrons. The molecule has 0 aromatic heterocycles. The highest BCUT2D eigenvalue weighted by Crippen LogP contribution is 2.42. The standard InChI is InChI=1S/C13H18BrNO/c1-7-9-5-3-4-6-10(9)12(14)13(16)11(7)8(2)15/h8,16H,3-6,15H2,1-2H3. The van der Waals surface area contributed by atoms with Crippen molar-refractivity contribution in [3.05, 3.63) is 26.7 Å². The lowest BCUT2D eigenvalue weighted by atomic mass is 9.84. The zero-order valence-electron chi connectivity index (χ0n) is 9.81. The second-order valence-corrected chi connectivity index (χ2v) is 5.45. The minimum atomic E-state index is -0.122. The lowest BCUT2D eigenvalue weighted by molar-refractivity contribution is 0.456. The Hall–Kier alpha value is -0.540. The van der Waals surface area contributed by atoms with Crippen LogP contribution in [0.25, 0.3) is 0 Å². The van der Waals surface area contributed by atoms with E-state index >= 15 is 0 Å². The minimum absolute atomic E-state index is 0.122. The number of nitrogens with two attached hydrogens (primary N) is 1. The number of benzene rings is 1. The van der Waals surface area contributed by atoms with E-state index in [1.54, 1.807) is 0 Å². The largest absolute Gasteiger partial charge is 0.506 e. The number of phenols is 1. The van der Waals surface area contributed by atoms with Gasteiger partial charge in [-0.15, -0.1) is 0 Å². The Bertz CT molecular complexity index is 427. The summed E-state index contributed by atoms with van der Waals surface area (Å²) in [5, 5.41) is 10.2. The molecule has 0 fully saturated rings. The summed E-state index contributed by atoms with van der Waals surface area (Å²) in [6.07, 6.45) is 4.62. The molecule has 3 heteroatoms. The van der Waals surface area contributed by atoms with Gasteiger partial charge in [-0.05, 0) is 72.2 Å². The number of phenolic OH excluding ortho intramolecular Hbond substituents is 1. The molecule has 0 radical (unpaired) electrons. The fraction of sp³-hybridized carbons (Fsp3) is 0.538. The van der Waals surface area contributed by atoms with Crippen LogP contribution >= 0.6 is 15.9 Å². The van der Waals surface area contributed by atoms with Crippen molar-refractivity contribution >= 4 is 15.9 Å². The zero-order chi connectivity index (χ0) is 11.9. The van der Waals surface area contributed by atoms with Gasteiger partial charge in [0.1, 0.15) is 5.75 Å². The molecule has 2 rings (SSSR count). The Balaban J connectivity index is 2.70. The van der Waals surface area contributed by atoms with Gasteiger partial charge in [0.25, 0.3) is 0 Å². The van der Waals surface area contributed by atoms with E-state index in [2.05, 4.69) is 22.9 Å². The maximum Gasteiger partial charge on any atom is 0.135 e. The first-order valence-electron chi connectivity index (χ1n) is 5.82. The van der Waals surface area contributed by atoms with Gasteiger partial charge in [-0.2, -0.15) is 0 Å². The van der Waals surface area contributed by atoms with Crippen molar-refractivity contribution in [3.63, 3.8) is 0 Å².